The molecule has 0 aliphatic carbocycles. The van der Waals surface area contributed by atoms with Crippen LogP contribution in [0, 0.1) is 0 Å². The maximum atomic E-state index is 11.0. The minimum absolute atomic E-state index is 0.0347. The number of aliphatic imine (C=N–C) groups is 2. The van der Waals surface area contributed by atoms with Gasteiger partial charge in [0, 0.05) is 6.54 Å². The van der Waals surface area contributed by atoms with Crippen LogP contribution in [0.15, 0.2) is 9.98 Å². The maximum absolute atomic E-state index is 11.0. The molecule has 15 heavy (non-hydrogen) atoms. The number of hydrogen-bond acceptors (Lipinski definition) is 3. The lowest BCUT2D eigenvalue weighted by Gasteiger charge is -2.05. The number of urea groups is 2. The molecule has 0 heterocycles. The topological polar surface area (TPSA) is 82.9 Å². The highest BCUT2D eigenvalue weighted by Gasteiger charge is 2.02. The largest absolute Gasteiger partial charge is 0.351 e. The molecule has 7 heteroatoms. The summed E-state index contributed by atoms with van der Waals surface area (Å²) in [6, 6.07) is 0.888. The number of nitrogens with one attached hydrogen (secondary N) is 2. The minimum atomic E-state index is -0.565. The summed E-state index contributed by atoms with van der Waals surface area (Å²) in [5.74, 6) is 0. The number of amides is 4. The molecule has 0 rings (SSSR count). The quantitative estimate of drug-likeness (QED) is 0.566. The molecule has 0 aromatic carbocycles. The van der Waals surface area contributed by atoms with Crippen LogP contribution in [0.25, 0.3) is 0 Å². The average Bonchev–Trinajstić information content (AvgIpc) is 2.18. The predicted molar refractivity (Wildman–Crippen MR) is 60.4 cm³/mol. The lowest BCUT2D eigenvalue weighted by Crippen LogP contribution is -2.27. The Kier molecular flexibility index (Phi) is 7.31. The van der Waals surface area contributed by atoms with Crippen molar-refractivity contribution < 1.29 is 9.59 Å². The van der Waals surface area contributed by atoms with Gasteiger partial charge in [-0.15, -0.1) is 21.7 Å². The van der Waals surface area contributed by atoms with Crippen LogP contribution < -0.4 is 10.6 Å². The van der Waals surface area contributed by atoms with Crippen molar-refractivity contribution in [1.29, 1.82) is 0 Å². The van der Waals surface area contributed by atoms with Gasteiger partial charge in [-0.25, -0.2) is 9.59 Å². The van der Waals surface area contributed by atoms with Crippen LogP contribution in [0.1, 0.15) is 13.8 Å². The molecule has 0 saturated carbocycles. The summed E-state index contributed by atoms with van der Waals surface area (Å²) >= 11 is 1.47. The highest BCUT2D eigenvalue weighted by Crippen LogP contribution is 1.99. The van der Waals surface area contributed by atoms with E-state index in [1.807, 2.05) is 19.2 Å². The molecule has 0 aliphatic heterocycles. The predicted octanol–water partition coefficient (Wildman–Crippen LogP) is 1.31. The van der Waals surface area contributed by atoms with Crippen molar-refractivity contribution in [3.63, 3.8) is 0 Å². The lowest BCUT2D eigenvalue weighted by atomic mass is 10.7. The summed E-state index contributed by atoms with van der Waals surface area (Å²) in [5, 5.41) is 4.91. The number of thioether (sulfide) groups is 1. The molecule has 2 N–H and O–H groups in total. The van der Waals surface area contributed by atoms with Gasteiger partial charge in [0.25, 0.3) is 0 Å². The summed E-state index contributed by atoms with van der Waals surface area (Å²) in [7, 11) is 0. The Morgan fingerprint density at radius 1 is 1.40 bits per heavy atom. The molecule has 0 aliphatic rings. The van der Waals surface area contributed by atoms with Gasteiger partial charge < -0.3 is 10.6 Å². The second kappa shape index (κ2) is 8.02. The Labute approximate surface area is 92.6 Å². The van der Waals surface area contributed by atoms with E-state index in [9.17, 15) is 9.59 Å². The van der Waals surface area contributed by atoms with Crippen molar-refractivity contribution in [3.8, 4) is 0 Å². The number of hydrogen-bond donors (Lipinski definition) is 2. The Bertz CT molecular complexity index is 286. The second-order valence-electron chi connectivity index (χ2n) is 2.49. The first-order valence-electron chi connectivity index (χ1n) is 4.37. The first-order chi connectivity index (χ1) is 7.10. The summed E-state index contributed by atoms with van der Waals surface area (Å²) in [6.07, 6.45) is 1.86. The van der Waals surface area contributed by atoms with Crippen molar-refractivity contribution in [1.82, 2.24) is 10.6 Å². The van der Waals surface area contributed by atoms with Crippen LogP contribution in [-0.4, -0.2) is 36.2 Å². The highest BCUT2D eigenvalue weighted by atomic mass is 32.2. The molecule has 4 amide bonds. The second-order valence-corrected chi connectivity index (χ2v) is 3.67. The van der Waals surface area contributed by atoms with E-state index in [1.165, 1.54) is 11.8 Å². The van der Waals surface area contributed by atoms with Crippen LogP contribution in [0.2, 0.25) is 0 Å². The van der Waals surface area contributed by atoms with Crippen molar-refractivity contribution in [2.75, 3.05) is 12.8 Å². The third kappa shape index (κ3) is 7.72. The molecule has 0 spiro atoms. The van der Waals surface area contributed by atoms with E-state index in [2.05, 4.69) is 20.6 Å². The van der Waals surface area contributed by atoms with Crippen molar-refractivity contribution in [2.45, 2.75) is 19.2 Å². The molecular formula is C8H14N4O2S. The fourth-order valence-corrected chi connectivity index (χ4v) is 0.790. The van der Waals surface area contributed by atoms with Gasteiger partial charge in [0.05, 0.1) is 5.37 Å². The van der Waals surface area contributed by atoms with Crippen molar-refractivity contribution >= 4 is 29.8 Å². The van der Waals surface area contributed by atoms with Gasteiger partial charge in [0.1, 0.15) is 6.01 Å². The standard InChI is InChI=1S/C8H14N4O2S/c1-4-9-7(13)10-5-11-8(14)12-6(2)15-3/h6H,4H2,1-3H3,(H,9,13)(H,12,14). The minimum Gasteiger partial charge on any atom is -0.336 e. The number of rotatable bonds is 3. The van der Waals surface area contributed by atoms with Gasteiger partial charge in [0.15, 0.2) is 0 Å². The highest BCUT2D eigenvalue weighted by molar-refractivity contribution is 7.99. The van der Waals surface area contributed by atoms with E-state index in [-0.39, 0.29) is 5.37 Å². The fraction of sp³-hybridized carbons (Fsp3) is 0.625. The Morgan fingerprint density at radius 2 is 2.00 bits per heavy atom. The zero-order valence-electron chi connectivity index (χ0n) is 8.90. The van der Waals surface area contributed by atoms with E-state index in [4.69, 9.17) is 0 Å². The fourth-order valence-electron chi connectivity index (χ4n) is 0.572. The maximum Gasteiger partial charge on any atom is 0.351 e. The first kappa shape index (κ1) is 13.7. The Balaban J connectivity index is 4.05. The molecule has 0 aromatic rings. The molecule has 1 unspecified atom stereocenters. The molecule has 1 atom stereocenters. The molecule has 6 nitrogen and oxygen atoms in total. The van der Waals surface area contributed by atoms with Gasteiger partial charge in [-0.2, -0.15) is 0 Å². The molecule has 84 valence electrons. The van der Waals surface area contributed by atoms with Gasteiger partial charge in [-0.3, -0.25) is 0 Å². The molecule has 0 fully saturated rings. The number of carbonyl (C=O) groups is 2. The average molecular weight is 230 g/mol. The normalized spacial score (nSPS) is 10.9. The smallest absolute Gasteiger partial charge is 0.336 e. The summed E-state index contributed by atoms with van der Waals surface area (Å²) in [6.45, 7) is 4.05. The van der Waals surface area contributed by atoms with Gasteiger partial charge >= 0.3 is 12.1 Å². The van der Waals surface area contributed by atoms with E-state index in [0.29, 0.717) is 6.54 Å². The van der Waals surface area contributed by atoms with E-state index < -0.39 is 12.1 Å². The lowest BCUT2D eigenvalue weighted by molar-refractivity contribution is 0.249. The molecule has 0 saturated heterocycles. The summed E-state index contributed by atoms with van der Waals surface area (Å²) in [4.78, 5) is 28.3. The first-order valence-corrected chi connectivity index (χ1v) is 5.66. The van der Waals surface area contributed by atoms with Crippen LogP contribution in [0.5, 0.6) is 0 Å². The Hall–Kier alpha value is -1.33. The molecule has 0 aromatic heterocycles. The molecule has 0 radical (unpaired) electrons. The van der Waals surface area contributed by atoms with Crippen LogP contribution >= 0.6 is 11.8 Å². The van der Waals surface area contributed by atoms with Gasteiger partial charge in [0.2, 0.25) is 0 Å². The number of carbonyl (C=O) groups excluding carboxylic acids is 2. The Morgan fingerprint density at radius 3 is 2.53 bits per heavy atom. The summed E-state index contributed by atoms with van der Waals surface area (Å²) in [5.41, 5.74) is 0. The van der Waals surface area contributed by atoms with Crippen molar-refractivity contribution in [3.05, 3.63) is 0 Å². The molecule has 0 bridgehead atoms. The van der Waals surface area contributed by atoms with E-state index in [0.717, 1.165) is 0 Å². The third-order valence-corrected chi connectivity index (χ3v) is 2.14. The SMILES string of the molecule is CCNC(=O)N=C=NC(=O)NC(C)SC. The molecular weight excluding hydrogens is 216 g/mol. The number of nitrogens with zero attached hydrogens (tertiary/aromatic N) is 2. The third-order valence-electron chi connectivity index (χ3n) is 1.31. The van der Waals surface area contributed by atoms with Crippen molar-refractivity contribution in [2.24, 2.45) is 9.98 Å². The van der Waals surface area contributed by atoms with Crippen LogP contribution in [-0.2, 0) is 0 Å². The zero-order valence-corrected chi connectivity index (χ0v) is 9.72. The van der Waals surface area contributed by atoms with Gasteiger partial charge in [-0.1, -0.05) is 0 Å². The van der Waals surface area contributed by atoms with E-state index in [1.54, 1.807) is 6.92 Å². The van der Waals surface area contributed by atoms with Crippen LogP contribution in [0.4, 0.5) is 9.59 Å². The zero-order chi connectivity index (χ0) is 11.7. The summed E-state index contributed by atoms with van der Waals surface area (Å²) < 4.78 is 0. The van der Waals surface area contributed by atoms with E-state index >= 15 is 0 Å². The van der Waals surface area contributed by atoms with Gasteiger partial charge in [-0.05, 0) is 20.1 Å². The van der Waals surface area contributed by atoms with Crippen LogP contribution in [0.3, 0.4) is 0 Å². The monoisotopic (exact) mass is 230 g/mol.